The van der Waals surface area contributed by atoms with Crippen LogP contribution in [-0.2, 0) is 6.54 Å². The number of tetrazole rings is 1. The summed E-state index contributed by atoms with van der Waals surface area (Å²) in [4.78, 5) is 13.5. The van der Waals surface area contributed by atoms with E-state index in [4.69, 9.17) is 12.2 Å². The summed E-state index contributed by atoms with van der Waals surface area (Å²) in [6, 6.07) is 7.18. The highest BCUT2D eigenvalue weighted by Crippen LogP contribution is 2.06. The Morgan fingerprint density at radius 1 is 1.36 bits per heavy atom. The summed E-state index contributed by atoms with van der Waals surface area (Å²) in [6.45, 7) is 2.79. The Labute approximate surface area is 147 Å². The van der Waals surface area contributed by atoms with E-state index in [1.165, 1.54) is 4.80 Å². The van der Waals surface area contributed by atoms with Gasteiger partial charge in [-0.25, -0.2) is 0 Å². The van der Waals surface area contributed by atoms with Crippen LogP contribution < -0.4 is 10.6 Å². The number of nitrogens with one attached hydrogen (secondary N) is 2. The second kappa shape index (κ2) is 8.13. The molecule has 0 radical (unpaired) electrons. The number of nitrogens with zero attached hydrogens (tertiary/aromatic N) is 4. The van der Waals surface area contributed by atoms with Gasteiger partial charge in [0.05, 0.1) is 6.54 Å². The molecule has 0 fully saturated rings. The topological polar surface area (TPSA) is 84.7 Å². The van der Waals surface area contributed by atoms with Crippen LogP contribution in [0.15, 0.2) is 24.3 Å². The SMILES string of the molecule is CCCCn1nnc(NC(=S)NC(=O)c2ccc(I)cc2)n1. The van der Waals surface area contributed by atoms with E-state index in [1.54, 1.807) is 12.1 Å². The van der Waals surface area contributed by atoms with Gasteiger partial charge in [-0.2, -0.15) is 4.80 Å². The number of anilines is 1. The van der Waals surface area contributed by atoms with Crippen LogP contribution in [0.25, 0.3) is 0 Å². The lowest BCUT2D eigenvalue weighted by molar-refractivity contribution is 0.0977. The summed E-state index contributed by atoms with van der Waals surface area (Å²) < 4.78 is 1.06. The minimum atomic E-state index is -0.285. The summed E-state index contributed by atoms with van der Waals surface area (Å²) in [5.41, 5.74) is 0.532. The number of rotatable bonds is 5. The maximum Gasteiger partial charge on any atom is 0.269 e. The Morgan fingerprint density at radius 2 is 2.09 bits per heavy atom. The predicted octanol–water partition coefficient (Wildman–Crippen LogP) is 2.20. The first-order valence-corrected chi connectivity index (χ1v) is 8.23. The molecule has 0 spiro atoms. The van der Waals surface area contributed by atoms with Gasteiger partial charge in [0.15, 0.2) is 5.11 Å². The van der Waals surface area contributed by atoms with E-state index < -0.39 is 0 Å². The lowest BCUT2D eigenvalue weighted by Crippen LogP contribution is -2.34. The molecule has 0 aliphatic carbocycles. The molecule has 2 aromatic rings. The minimum absolute atomic E-state index is 0.138. The van der Waals surface area contributed by atoms with Crippen LogP contribution in [0.1, 0.15) is 30.1 Å². The molecule has 2 N–H and O–H groups in total. The first-order chi connectivity index (χ1) is 10.6. The standard InChI is InChI=1S/C13H15IN6OS/c1-2-3-8-20-18-12(17-19-20)16-13(22)15-11(21)9-4-6-10(14)7-5-9/h4-7H,2-3,8H2,1H3,(H2,15,16,18,21,22). The number of carbonyl (C=O) groups is 1. The Hall–Kier alpha value is -1.62. The van der Waals surface area contributed by atoms with Gasteiger partial charge in [-0.15, -0.1) is 5.10 Å². The summed E-state index contributed by atoms with van der Waals surface area (Å²) in [7, 11) is 0. The maximum atomic E-state index is 12.0. The largest absolute Gasteiger partial charge is 0.299 e. The maximum absolute atomic E-state index is 12.0. The third-order valence-corrected chi connectivity index (χ3v) is 3.65. The van der Waals surface area contributed by atoms with Crippen molar-refractivity contribution in [3.05, 3.63) is 33.4 Å². The lowest BCUT2D eigenvalue weighted by Gasteiger charge is -2.06. The Morgan fingerprint density at radius 3 is 2.77 bits per heavy atom. The molecule has 9 heteroatoms. The highest BCUT2D eigenvalue weighted by atomic mass is 127. The van der Waals surface area contributed by atoms with Gasteiger partial charge >= 0.3 is 0 Å². The second-order valence-electron chi connectivity index (χ2n) is 4.48. The molecular weight excluding hydrogens is 415 g/mol. The minimum Gasteiger partial charge on any atom is -0.299 e. The van der Waals surface area contributed by atoms with E-state index in [1.807, 2.05) is 12.1 Å². The quantitative estimate of drug-likeness (QED) is 0.559. The van der Waals surface area contributed by atoms with E-state index in [9.17, 15) is 4.79 Å². The fourth-order valence-corrected chi connectivity index (χ4v) is 2.14. The zero-order chi connectivity index (χ0) is 15.9. The molecule has 116 valence electrons. The molecule has 0 aliphatic heterocycles. The van der Waals surface area contributed by atoms with Crippen LogP contribution >= 0.6 is 34.8 Å². The number of benzene rings is 1. The number of aromatic nitrogens is 4. The number of amides is 1. The van der Waals surface area contributed by atoms with Gasteiger partial charge in [-0.05, 0) is 70.7 Å². The number of unbranched alkanes of at least 4 members (excludes halogenated alkanes) is 1. The summed E-state index contributed by atoms with van der Waals surface area (Å²) >= 11 is 7.25. The first kappa shape index (κ1) is 16.7. The van der Waals surface area contributed by atoms with Gasteiger partial charge in [0.2, 0.25) is 0 Å². The molecule has 1 aromatic heterocycles. The van der Waals surface area contributed by atoms with Crippen molar-refractivity contribution in [1.82, 2.24) is 25.5 Å². The highest BCUT2D eigenvalue weighted by Gasteiger charge is 2.10. The van der Waals surface area contributed by atoms with Gasteiger partial charge < -0.3 is 0 Å². The third kappa shape index (κ3) is 4.98. The van der Waals surface area contributed by atoms with Crippen molar-refractivity contribution >= 4 is 51.8 Å². The average molecular weight is 430 g/mol. The van der Waals surface area contributed by atoms with E-state index in [-0.39, 0.29) is 17.0 Å². The van der Waals surface area contributed by atoms with Crippen molar-refractivity contribution in [2.24, 2.45) is 0 Å². The van der Waals surface area contributed by atoms with Crippen LogP contribution in [0.4, 0.5) is 5.95 Å². The van der Waals surface area contributed by atoms with Crippen molar-refractivity contribution in [2.45, 2.75) is 26.3 Å². The van der Waals surface area contributed by atoms with E-state index in [0.717, 1.165) is 16.4 Å². The Balaban J connectivity index is 1.88. The number of hydrogen-bond donors (Lipinski definition) is 2. The number of halogens is 1. The summed E-state index contributed by atoms with van der Waals surface area (Å²) in [6.07, 6.45) is 2.03. The Kier molecular flexibility index (Phi) is 6.19. The molecule has 0 unspecified atom stereocenters. The van der Waals surface area contributed by atoms with Crippen molar-refractivity contribution in [1.29, 1.82) is 0 Å². The van der Waals surface area contributed by atoms with Crippen LogP contribution in [0.3, 0.4) is 0 Å². The van der Waals surface area contributed by atoms with E-state index in [0.29, 0.717) is 12.1 Å². The Bertz CT molecular complexity index is 657. The molecule has 7 nitrogen and oxygen atoms in total. The molecule has 1 heterocycles. The van der Waals surface area contributed by atoms with Crippen LogP contribution in [0, 0.1) is 3.57 Å². The fraction of sp³-hybridized carbons (Fsp3) is 0.308. The number of thiocarbonyl (C=S) groups is 1. The molecule has 0 saturated carbocycles. The molecular formula is C13H15IN6OS. The monoisotopic (exact) mass is 430 g/mol. The van der Waals surface area contributed by atoms with Crippen molar-refractivity contribution in [2.75, 3.05) is 5.32 Å². The van der Waals surface area contributed by atoms with Gasteiger partial charge in [0.1, 0.15) is 0 Å². The van der Waals surface area contributed by atoms with Crippen molar-refractivity contribution in [3.8, 4) is 0 Å². The lowest BCUT2D eigenvalue weighted by atomic mass is 10.2. The van der Waals surface area contributed by atoms with Gasteiger partial charge in [-0.3, -0.25) is 15.4 Å². The highest BCUT2D eigenvalue weighted by molar-refractivity contribution is 14.1. The average Bonchev–Trinajstić information content (AvgIpc) is 2.93. The number of hydrogen-bond acceptors (Lipinski definition) is 5. The molecule has 1 amide bonds. The number of aryl methyl sites for hydroxylation is 1. The first-order valence-electron chi connectivity index (χ1n) is 6.74. The van der Waals surface area contributed by atoms with E-state index in [2.05, 4.69) is 55.6 Å². The van der Waals surface area contributed by atoms with Gasteiger partial charge in [0, 0.05) is 9.13 Å². The van der Waals surface area contributed by atoms with Gasteiger partial charge in [-0.1, -0.05) is 18.4 Å². The predicted molar refractivity (Wildman–Crippen MR) is 95.6 cm³/mol. The number of carbonyl (C=O) groups excluding carboxylic acids is 1. The fourth-order valence-electron chi connectivity index (χ4n) is 1.60. The van der Waals surface area contributed by atoms with Gasteiger partial charge in [0.25, 0.3) is 11.9 Å². The molecule has 2 rings (SSSR count). The zero-order valence-electron chi connectivity index (χ0n) is 11.9. The van der Waals surface area contributed by atoms with Crippen molar-refractivity contribution < 1.29 is 4.79 Å². The zero-order valence-corrected chi connectivity index (χ0v) is 14.9. The normalized spacial score (nSPS) is 10.3. The molecule has 1 aromatic carbocycles. The summed E-state index contributed by atoms with van der Waals surface area (Å²) in [5, 5.41) is 17.3. The van der Waals surface area contributed by atoms with Crippen LogP contribution in [0.2, 0.25) is 0 Å². The smallest absolute Gasteiger partial charge is 0.269 e. The second-order valence-corrected chi connectivity index (χ2v) is 6.13. The molecule has 0 atom stereocenters. The van der Waals surface area contributed by atoms with Crippen molar-refractivity contribution in [3.63, 3.8) is 0 Å². The molecule has 0 aliphatic rings. The van der Waals surface area contributed by atoms with Crippen LogP contribution in [0.5, 0.6) is 0 Å². The molecule has 0 saturated heterocycles. The molecule has 0 bridgehead atoms. The van der Waals surface area contributed by atoms with Crippen LogP contribution in [-0.4, -0.2) is 31.2 Å². The van der Waals surface area contributed by atoms with E-state index >= 15 is 0 Å². The molecule has 22 heavy (non-hydrogen) atoms. The third-order valence-electron chi connectivity index (χ3n) is 2.72. The summed E-state index contributed by atoms with van der Waals surface area (Å²) in [5.74, 6) is -0.0173.